The van der Waals surface area contributed by atoms with Crippen molar-refractivity contribution in [2.24, 2.45) is 0 Å². The first kappa shape index (κ1) is 8.74. The van der Waals surface area contributed by atoms with Gasteiger partial charge in [-0.2, -0.15) is 17.5 Å². The summed E-state index contributed by atoms with van der Waals surface area (Å²) in [6, 6.07) is 0. The van der Waals surface area contributed by atoms with Crippen molar-refractivity contribution >= 4 is 16.7 Å². The molecule has 0 radical (unpaired) electrons. The number of anilines is 1. The Morgan fingerprint density at radius 1 is 1.46 bits per heavy atom. The van der Waals surface area contributed by atoms with E-state index in [-0.39, 0.29) is 18.0 Å². The predicted octanol–water partition coefficient (Wildman–Crippen LogP) is 2.04. The summed E-state index contributed by atoms with van der Waals surface area (Å²) in [5, 5.41) is 2.60. The molecule has 0 bridgehead atoms. The maximum atomic E-state index is 12.4. The Balaban J connectivity index is 2.10. The maximum absolute atomic E-state index is 12.4. The van der Waals surface area contributed by atoms with E-state index in [1.54, 1.807) is 0 Å². The minimum Gasteiger partial charge on any atom is -0.346 e. The van der Waals surface area contributed by atoms with Crippen LogP contribution in [0, 0.1) is 0 Å². The highest BCUT2D eigenvalue weighted by Crippen LogP contribution is 2.51. The SMILES string of the molecule is FC(F)(F)C1(Nc2ncns2)CC1. The van der Waals surface area contributed by atoms with Crippen LogP contribution in [0.15, 0.2) is 6.33 Å². The van der Waals surface area contributed by atoms with Crippen molar-refractivity contribution in [3.63, 3.8) is 0 Å². The van der Waals surface area contributed by atoms with Gasteiger partial charge in [-0.3, -0.25) is 0 Å². The van der Waals surface area contributed by atoms with Crippen molar-refractivity contribution in [2.45, 2.75) is 24.6 Å². The zero-order chi connectivity index (χ0) is 9.53. The molecule has 1 heterocycles. The molecular formula is C6H6F3N3S. The summed E-state index contributed by atoms with van der Waals surface area (Å²) in [4.78, 5) is 3.65. The fourth-order valence-corrected chi connectivity index (χ4v) is 1.57. The molecule has 1 saturated carbocycles. The lowest BCUT2D eigenvalue weighted by atomic mass is 10.3. The van der Waals surface area contributed by atoms with Gasteiger partial charge in [0.15, 0.2) is 0 Å². The lowest BCUT2D eigenvalue weighted by molar-refractivity contribution is -0.151. The quantitative estimate of drug-likeness (QED) is 0.810. The maximum Gasteiger partial charge on any atom is 0.411 e. The Morgan fingerprint density at radius 2 is 2.15 bits per heavy atom. The van der Waals surface area contributed by atoms with E-state index >= 15 is 0 Å². The molecule has 72 valence electrons. The van der Waals surface area contributed by atoms with Crippen LogP contribution in [-0.4, -0.2) is 21.1 Å². The Hall–Kier alpha value is -0.850. The first-order valence-electron chi connectivity index (χ1n) is 3.65. The van der Waals surface area contributed by atoms with Crippen molar-refractivity contribution < 1.29 is 13.2 Å². The number of rotatable bonds is 2. The van der Waals surface area contributed by atoms with Crippen LogP contribution in [0.25, 0.3) is 0 Å². The van der Waals surface area contributed by atoms with Crippen molar-refractivity contribution in [1.29, 1.82) is 0 Å². The molecule has 1 fully saturated rings. The van der Waals surface area contributed by atoms with E-state index in [0.29, 0.717) is 0 Å². The van der Waals surface area contributed by atoms with E-state index in [0.717, 1.165) is 11.5 Å². The summed E-state index contributed by atoms with van der Waals surface area (Å²) in [6.45, 7) is 0. The average molecular weight is 209 g/mol. The molecule has 2 rings (SSSR count). The van der Waals surface area contributed by atoms with Gasteiger partial charge in [0.1, 0.15) is 11.9 Å². The number of halogens is 3. The third-order valence-electron chi connectivity index (χ3n) is 2.00. The van der Waals surface area contributed by atoms with Crippen molar-refractivity contribution in [2.75, 3.05) is 5.32 Å². The van der Waals surface area contributed by atoms with Gasteiger partial charge in [-0.25, -0.2) is 4.98 Å². The second-order valence-electron chi connectivity index (χ2n) is 2.95. The molecular weight excluding hydrogens is 203 g/mol. The number of nitrogens with zero attached hydrogens (tertiary/aromatic N) is 2. The molecule has 1 aromatic heterocycles. The lowest BCUT2D eigenvalue weighted by Crippen LogP contribution is -2.38. The molecule has 1 aliphatic rings. The van der Waals surface area contributed by atoms with Gasteiger partial charge >= 0.3 is 6.18 Å². The predicted molar refractivity (Wildman–Crippen MR) is 41.6 cm³/mol. The van der Waals surface area contributed by atoms with Crippen molar-refractivity contribution in [3.05, 3.63) is 6.33 Å². The molecule has 0 aliphatic heterocycles. The summed E-state index contributed by atoms with van der Waals surface area (Å²) < 4.78 is 40.8. The monoisotopic (exact) mass is 209 g/mol. The molecule has 0 amide bonds. The van der Waals surface area contributed by atoms with Crippen molar-refractivity contribution in [1.82, 2.24) is 9.36 Å². The Bertz CT molecular complexity index is 291. The smallest absolute Gasteiger partial charge is 0.346 e. The second-order valence-corrected chi connectivity index (χ2v) is 3.73. The molecule has 0 spiro atoms. The third kappa shape index (κ3) is 1.48. The minimum absolute atomic E-state index is 0.121. The topological polar surface area (TPSA) is 37.8 Å². The molecule has 0 aromatic carbocycles. The summed E-state index contributed by atoms with van der Waals surface area (Å²) in [6.07, 6.45) is -2.72. The molecule has 0 unspecified atom stereocenters. The Kier molecular flexibility index (Phi) is 1.73. The molecule has 7 heteroatoms. The van der Waals surface area contributed by atoms with Crippen LogP contribution in [0.4, 0.5) is 18.3 Å². The van der Waals surface area contributed by atoms with E-state index in [4.69, 9.17) is 0 Å². The zero-order valence-electron chi connectivity index (χ0n) is 6.43. The average Bonchev–Trinajstić information content (AvgIpc) is 2.59. The minimum atomic E-state index is -4.20. The summed E-state index contributed by atoms with van der Waals surface area (Å²) in [5.41, 5.74) is -1.73. The number of hydrogen-bond acceptors (Lipinski definition) is 4. The summed E-state index contributed by atoms with van der Waals surface area (Å²) in [5.74, 6) is 0. The second kappa shape index (κ2) is 2.57. The molecule has 0 saturated heterocycles. The first-order chi connectivity index (χ1) is 6.04. The fourth-order valence-electron chi connectivity index (χ4n) is 1.04. The van der Waals surface area contributed by atoms with Crippen LogP contribution in [0.1, 0.15) is 12.8 Å². The van der Waals surface area contributed by atoms with E-state index < -0.39 is 11.7 Å². The van der Waals surface area contributed by atoms with Crippen LogP contribution in [-0.2, 0) is 0 Å². The van der Waals surface area contributed by atoms with Gasteiger partial charge in [0.25, 0.3) is 0 Å². The van der Waals surface area contributed by atoms with Crippen LogP contribution < -0.4 is 5.32 Å². The third-order valence-corrected chi connectivity index (χ3v) is 2.58. The van der Waals surface area contributed by atoms with Crippen LogP contribution in [0.5, 0.6) is 0 Å². The van der Waals surface area contributed by atoms with Gasteiger partial charge in [0, 0.05) is 11.5 Å². The van der Waals surface area contributed by atoms with E-state index in [2.05, 4.69) is 14.7 Å². The van der Waals surface area contributed by atoms with E-state index in [9.17, 15) is 13.2 Å². The van der Waals surface area contributed by atoms with Gasteiger partial charge in [-0.15, -0.1) is 0 Å². The summed E-state index contributed by atoms with van der Waals surface area (Å²) in [7, 11) is 0. The van der Waals surface area contributed by atoms with Gasteiger partial charge in [-0.05, 0) is 12.8 Å². The van der Waals surface area contributed by atoms with Crippen LogP contribution in [0.3, 0.4) is 0 Å². The largest absolute Gasteiger partial charge is 0.411 e. The van der Waals surface area contributed by atoms with E-state index in [1.807, 2.05) is 0 Å². The fraction of sp³-hybridized carbons (Fsp3) is 0.667. The highest BCUT2D eigenvalue weighted by Gasteiger charge is 2.63. The number of aromatic nitrogens is 2. The number of alkyl halides is 3. The zero-order valence-corrected chi connectivity index (χ0v) is 7.24. The molecule has 13 heavy (non-hydrogen) atoms. The molecule has 1 N–H and O–H groups in total. The van der Waals surface area contributed by atoms with Crippen LogP contribution >= 0.6 is 11.5 Å². The summed E-state index contributed by atoms with van der Waals surface area (Å²) >= 11 is 0.934. The normalized spacial score (nSPS) is 19.9. The van der Waals surface area contributed by atoms with Gasteiger partial charge in [-0.1, -0.05) is 0 Å². The van der Waals surface area contributed by atoms with Gasteiger partial charge in [0.05, 0.1) is 0 Å². The van der Waals surface area contributed by atoms with Gasteiger partial charge < -0.3 is 5.32 Å². The Labute approximate surface area is 76.2 Å². The van der Waals surface area contributed by atoms with Gasteiger partial charge in [0.2, 0.25) is 5.13 Å². The molecule has 1 aliphatic carbocycles. The van der Waals surface area contributed by atoms with Crippen LogP contribution in [0.2, 0.25) is 0 Å². The highest BCUT2D eigenvalue weighted by atomic mass is 32.1. The van der Waals surface area contributed by atoms with E-state index in [1.165, 1.54) is 6.33 Å². The lowest BCUT2D eigenvalue weighted by Gasteiger charge is -2.19. The molecule has 0 atom stereocenters. The highest BCUT2D eigenvalue weighted by molar-refractivity contribution is 7.09. The molecule has 3 nitrogen and oxygen atoms in total. The number of hydrogen-bond donors (Lipinski definition) is 1. The Morgan fingerprint density at radius 3 is 2.54 bits per heavy atom. The number of nitrogens with one attached hydrogen (secondary N) is 1. The molecule has 1 aromatic rings. The standard InChI is InChI=1S/C6H6F3N3S/c7-6(8,9)5(1-2-5)12-4-10-3-11-13-4/h3H,1-2H2,(H,10,11,12). The first-order valence-corrected chi connectivity index (χ1v) is 4.42. The van der Waals surface area contributed by atoms with Crippen molar-refractivity contribution in [3.8, 4) is 0 Å².